The molecule has 0 saturated carbocycles. The summed E-state index contributed by atoms with van der Waals surface area (Å²) in [5.74, 6) is -1.46. The number of ether oxygens (including phenoxy) is 2. The van der Waals surface area contributed by atoms with Crippen LogP contribution in [0.3, 0.4) is 0 Å². The largest absolute Gasteiger partial charge is 0.463 e. The van der Waals surface area contributed by atoms with Gasteiger partial charge in [-0.15, -0.1) is 0 Å². The summed E-state index contributed by atoms with van der Waals surface area (Å²) in [6.45, 7) is 5.55. The molecule has 6 nitrogen and oxygen atoms in total. The normalized spacial score (nSPS) is 10.6. The minimum absolute atomic E-state index is 0.0441. The molecular formula is C11H19NO5. The Hall–Kier alpha value is -1.59. The maximum Gasteiger partial charge on any atom is 0.407 e. The van der Waals surface area contributed by atoms with Crippen LogP contribution in [0.2, 0.25) is 0 Å². The molecule has 0 aliphatic carbocycles. The molecule has 0 spiro atoms. The Labute approximate surface area is 101 Å². The molecule has 6 heteroatoms. The third-order valence-electron chi connectivity index (χ3n) is 1.66. The first-order chi connectivity index (χ1) is 7.76. The fraction of sp³-hybridized carbons (Fsp3) is 0.727. The first kappa shape index (κ1) is 15.4. The van der Waals surface area contributed by atoms with Crippen molar-refractivity contribution in [1.82, 2.24) is 5.32 Å². The van der Waals surface area contributed by atoms with Crippen LogP contribution in [0.5, 0.6) is 0 Å². The van der Waals surface area contributed by atoms with Crippen molar-refractivity contribution in [3.63, 3.8) is 0 Å². The van der Waals surface area contributed by atoms with E-state index in [-0.39, 0.29) is 13.0 Å². The second-order valence-corrected chi connectivity index (χ2v) is 4.45. The molecular weight excluding hydrogens is 226 g/mol. The second-order valence-electron chi connectivity index (χ2n) is 4.45. The van der Waals surface area contributed by atoms with Crippen molar-refractivity contribution < 1.29 is 23.9 Å². The first-order valence-electron chi connectivity index (χ1n) is 5.34. The SMILES string of the molecule is COC(=O)C(=O)CCCNC(=O)OC(C)(C)C. The van der Waals surface area contributed by atoms with Crippen LogP contribution in [-0.4, -0.2) is 37.1 Å². The van der Waals surface area contributed by atoms with Gasteiger partial charge in [0.1, 0.15) is 5.60 Å². The number of rotatable bonds is 5. The highest BCUT2D eigenvalue weighted by molar-refractivity contribution is 6.33. The van der Waals surface area contributed by atoms with Crippen LogP contribution in [0.4, 0.5) is 4.79 Å². The third-order valence-corrected chi connectivity index (χ3v) is 1.66. The van der Waals surface area contributed by atoms with Crippen molar-refractivity contribution in [2.75, 3.05) is 13.7 Å². The number of hydrogen-bond acceptors (Lipinski definition) is 5. The number of Topliss-reactive ketones (excluding diaryl/α,β-unsaturated/α-hetero) is 1. The molecule has 17 heavy (non-hydrogen) atoms. The van der Waals surface area contributed by atoms with Crippen molar-refractivity contribution in [2.45, 2.75) is 39.2 Å². The van der Waals surface area contributed by atoms with E-state index in [1.54, 1.807) is 20.8 Å². The van der Waals surface area contributed by atoms with Gasteiger partial charge in [0.05, 0.1) is 7.11 Å². The number of amides is 1. The fourth-order valence-electron chi connectivity index (χ4n) is 0.969. The summed E-state index contributed by atoms with van der Waals surface area (Å²) in [6.07, 6.45) is -0.127. The van der Waals surface area contributed by atoms with Gasteiger partial charge in [-0.05, 0) is 27.2 Å². The molecule has 0 fully saturated rings. The van der Waals surface area contributed by atoms with Crippen LogP contribution in [-0.2, 0) is 19.1 Å². The fourth-order valence-corrected chi connectivity index (χ4v) is 0.969. The van der Waals surface area contributed by atoms with E-state index in [1.165, 1.54) is 0 Å². The minimum Gasteiger partial charge on any atom is -0.463 e. The molecule has 0 aromatic carbocycles. The van der Waals surface area contributed by atoms with Crippen molar-refractivity contribution >= 4 is 17.8 Å². The van der Waals surface area contributed by atoms with Crippen LogP contribution in [0.1, 0.15) is 33.6 Å². The average molecular weight is 245 g/mol. The van der Waals surface area contributed by atoms with Gasteiger partial charge in [-0.25, -0.2) is 9.59 Å². The summed E-state index contributed by atoms with van der Waals surface area (Å²) < 4.78 is 9.24. The maximum atomic E-state index is 11.2. The summed E-state index contributed by atoms with van der Waals surface area (Å²) >= 11 is 0. The molecule has 0 saturated heterocycles. The number of carbonyl (C=O) groups excluding carboxylic acids is 3. The van der Waals surface area contributed by atoms with E-state index in [4.69, 9.17) is 4.74 Å². The number of alkyl carbamates (subject to hydrolysis) is 1. The molecule has 0 aliphatic rings. The van der Waals surface area contributed by atoms with E-state index in [0.29, 0.717) is 6.42 Å². The Morgan fingerprint density at radius 1 is 1.18 bits per heavy atom. The lowest BCUT2D eigenvalue weighted by Crippen LogP contribution is -2.33. The van der Waals surface area contributed by atoms with Crippen LogP contribution in [0, 0.1) is 0 Å². The van der Waals surface area contributed by atoms with Gasteiger partial charge in [0.15, 0.2) is 0 Å². The number of carbonyl (C=O) groups is 3. The van der Waals surface area contributed by atoms with Crippen LogP contribution >= 0.6 is 0 Å². The summed E-state index contributed by atoms with van der Waals surface area (Å²) in [4.78, 5) is 33.0. The standard InChI is InChI=1S/C11H19NO5/c1-11(2,3)17-10(15)12-7-5-6-8(13)9(14)16-4/h5-7H2,1-4H3,(H,12,15). The molecule has 98 valence electrons. The molecule has 0 aromatic rings. The van der Waals surface area contributed by atoms with E-state index in [1.807, 2.05) is 0 Å². The first-order valence-corrected chi connectivity index (χ1v) is 5.34. The van der Waals surface area contributed by atoms with Crippen LogP contribution < -0.4 is 5.32 Å². The van der Waals surface area contributed by atoms with E-state index in [0.717, 1.165) is 7.11 Å². The molecule has 1 amide bonds. The van der Waals surface area contributed by atoms with Crippen molar-refractivity contribution in [2.24, 2.45) is 0 Å². The van der Waals surface area contributed by atoms with Gasteiger partial charge in [-0.2, -0.15) is 0 Å². The molecule has 0 unspecified atom stereocenters. The van der Waals surface area contributed by atoms with Gasteiger partial charge in [0.2, 0.25) is 5.78 Å². The molecule has 0 heterocycles. The lowest BCUT2D eigenvalue weighted by Gasteiger charge is -2.19. The molecule has 1 N–H and O–H groups in total. The zero-order chi connectivity index (χ0) is 13.5. The van der Waals surface area contributed by atoms with Crippen LogP contribution in [0.15, 0.2) is 0 Å². The van der Waals surface area contributed by atoms with Gasteiger partial charge in [-0.3, -0.25) is 4.79 Å². The smallest absolute Gasteiger partial charge is 0.407 e. The predicted octanol–water partition coefficient (Wildman–Crippen LogP) is 1.03. The highest BCUT2D eigenvalue weighted by Gasteiger charge is 2.16. The monoisotopic (exact) mass is 245 g/mol. The number of hydrogen-bond donors (Lipinski definition) is 1. The summed E-state index contributed by atoms with van der Waals surface area (Å²) in [6, 6.07) is 0. The quantitative estimate of drug-likeness (QED) is 0.444. The molecule has 0 aliphatic heterocycles. The predicted molar refractivity (Wildman–Crippen MR) is 60.5 cm³/mol. The Kier molecular flexibility index (Phi) is 6.23. The summed E-state index contributed by atoms with van der Waals surface area (Å²) in [5.41, 5.74) is -0.550. The van der Waals surface area contributed by atoms with Crippen molar-refractivity contribution in [3.8, 4) is 0 Å². The van der Waals surface area contributed by atoms with Gasteiger partial charge in [-0.1, -0.05) is 0 Å². The van der Waals surface area contributed by atoms with E-state index < -0.39 is 23.4 Å². The van der Waals surface area contributed by atoms with E-state index in [9.17, 15) is 14.4 Å². The van der Waals surface area contributed by atoms with E-state index in [2.05, 4.69) is 10.1 Å². The van der Waals surface area contributed by atoms with Gasteiger partial charge in [0.25, 0.3) is 0 Å². The van der Waals surface area contributed by atoms with Crippen molar-refractivity contribution in [1.29, 1.82) is 0 Å². The Morgan fingerprint density at radius 2 is 1.76 bits per heavy atom. The summed E-state index contributed by atoms with van der Waals surface area (Å²) in [7, 11) is 1.15. The summed E-state index contributed by atoms with van der Waals surface area (Å²) in [5, 5.41) is 2.49. The minimum atomic E-state index is -0.859. The molecule has 0 rings (SSSR count). The second kappa shape index (κ2) is 6.88. The number of nitrogens with one attached hydrogen (secondary N) is 1. The van der Waals surface area contributed by atoms with Gasteiger partial charge >= 0.3 is 12.1 Å². The zero-order valence-corrected chi connectivity index (χ0v) is 10.7. The molecule has 0 bridgehead atoms. The van der Waals surface area contributed by atoms with Crippen molar-refractivity contribution in [3.05, 3.63) is 0 Å². The molecule has 0 atom stereocenters. The molecule has 0 aromatic heterocycles. The van der Waals surface area contributed by atoms with Gasteiger partial charge < -0.3 is 14.8 Å². The number of esters is 1. The van der Waals surface area contributed by atoms with Crippen LogP contribution in [0.25, 0.3) is 0 Å². The lowest BCUT2D eigenvalue weighted by molar-refractivity contribution is -0.151. The number of methoxy groups -OCH3 is 1. The Morgan fingerprint density at radius 3 is 2.24 bits per heavy atom. The third kappa shape index (κ3) is 8.24. The average Bonchev–Trinajstić information content (AvgIpc) is 2.20. The maximum absolute atomic E-state index is 11.2. The Bertz CT molecular complexity index is 293. The lowest BCUT2D eigenvalue weighted by atomic mass is 10.2. The topological polar surface area (TPSA) is 81.7 Å². The highest BCUT2D eigenvalue weighted by Crippen LogP contribution is 2.06. The zero-order valence-electron chi connectivity index (χ0n) is 10.7. The highest BCUT2D eigenvalue weighted by atomic mass is 16.6. The van der Waals surface area contributed by atoms with E-state index >= 15 is 0 Å². The Balaban J connectivity index is 3.69. The molecule has 0 radical (unpaired) electrons. The van der Waals surface area contributed by atoms with Gasteiger partial charge in [0, 0.05) is 13.0 Å². The number of ketones is 1.